The summed E-state index contributed by atoms with van der Waals surface area (Å²) in [5.74, 6) is 0.902. The maximum atomic E-state index is 11.3. The lowest BCUT2D eigenvalue weighted by Gasteiger charge is -2.14. The van der Waals surface area contributed by atoms with Gasteiger partial charge in [0, 0.05) is 12.5 Å². The van der Waals surface area contributed by atoms with Crippen LogP contribution >= 0.6 is 15.9 Å². The van der Waals surface area contributed by atoms with Gasteiger partial charge in [-0.3, -0.25) is 4.79 Å². The minimum absolute atomic E-state index is 0.140. The first-order chi connectivity index (χ1) is 8.16. The van der Waals surface area contributed by atoms with Gasteiger partial charge in [-0.25, -0.2) is 5.10 Å². The maximum Gasteiger partial charge on any atom is 0.280 e. The van der Waals surface area contributed by atoms with Gasteiger partial charge in [0.25, 0.3) is 5.56 Å². The Bertz CT molecular complexity index is 536. The number of furan rings is 1. The second-order valence-electron chi connectivity index (χ2n) is 3.76. The molecule has 2 rings (SSSR count). The molecule has 0 radical (unpaired) electrons. The van der Waals surface area contributed by atoms with Gasteiger partial charge in [0.05, 0.1) is 18.1 Å². The Hall–Kier alpha value is -1.56. The molecule has 0 aliphatic rings. The van der Waals surface area contributed by atoms with Gasteiger partial charge in [0.2, 0.25) is 0 Å². The fourth-order valence-corrected chi connectivity index (χ4v) is 1.84. The molecule has 1 unspecified atom stereocenters. The van der Waals surface area contributed by atoms with Crippen LogP contribution in [0.1, 0.15) is 12.7 Å². The van der Waals surface area contributed by atoms with E-state index in [1.807, 2.05) is 19.1 Å². The number of rotatable bonds is 4. The third-order valence-corrected chi connectivity index (χ3v) is 3.07. The predicted molar refractivity (Wildman–Crippen MR) is 68.1 cm³/mol. The van der Waals surface area contributed by atoms with Crippen LogP contribution in [0.2, 0.25) is 0 Å². The van der Waals surface area contributed by atoms with Gasteiger partial charge >= 0.3 is 0 Å². The summed E-state index contributed by atoms with van der Waals surface area (Å²) in [6.45, 7) is 2.01. The van der Waals surface area contributed by atoms with E-state index in [-0.39, 0.29) is 11.6 Å². The van der Waals surface area contributed by atoms with Crippen LogP contribution in [0, 0.1) is 0 Å². The van der Waals surface area contributed by atoms with E-state index in [1.165, 1.54) is 0 Å². The summed E-state index contributed by atoms with van der Waals surface area (Å²) < 4.78 is 5.72. The highest BCUT2D eigenvalue weighted by Crippen LogP contribution is 2.17. The Morgan fingerprint density at radius 1 is 1.65 bits per heavy atom. The van der Waals surface area contributed by atoms with Crippen molar-refractivity contribution in [2.45, 2.75) is 19.4 Å². The Labute approximate surface area is 106 Å². The summed E-state index contributed by atoms with van der Waals surface area (Å²) in [7, 11) is 0. The lowest BCUT2D eigenvalue weighted by Crippen LogP contribution is -2.21. The number of aromatic nitrogens is 2. The molecule has 2 aromatic rings. The maximum absolute atomic E-state index is 11.3. The van der Waals surface area contributed by atoms with Crippen molar-refractivity contribution in [3.8, 4) is 0 Å². The minimum atomic E-state index is -0.250. The van der Waals surface area contributed by atoms with Crippen LogP contribution in [-0.4, -0.2) is 16.2 Å². The number of nitrogens with one attached hydrogen (secondary N) is 2. The van der Waals surface area contributed by atoms with Crippen LogP contribution in [0.3, 0.4) is 0 Å². The molecule has 0 aliphatic heterocycles. The second kappa shape index (κ2) is 5.18. The Morgan fingerprint density at radius 2 is 2.47 bits per heavy atom. The second-order valence-corrected chi connectivity index (χ2v) is 4.55. The number of halogens is 1. The summed E-state index contributed by atoms with van der Waals surface area (Å²) in [5.41, 5.74) is 0.424. The van der Waals surface area contributed by atoms with Gasteiger partial charge in [0.15, 0.2) is 0 Å². The van der Waals surface area contributed by atoms with E-state index >= 15 is 0 Å². The number of H-pyrrole nitrogens is 1. The van der Waals surface area contributed by atoms with Gasteiger partial charge < -0.3 is 9.73 Å². The molecule has 0 bridgehead atoms. The molecule has 0 saturated heterocycles. The molecule has 0 aromatic carbocycles. The third kappa shape index (κ3) is 2.97. The van der Waals surface area contributed by atoms with Crippen molar-refractivity contribution in [3.63, 3.8) is 0 Å². The van der Waals surface area contributed by atoms with Crippen LogP contribution in [-0.2, 0) is 6.42 Å². The zero-order valence-corrected chi connectivity index (χ0v) is 10.8. The van der Waals surface area contributed by atoms with Crippen molar-refractivity contribution in [1.29, 1.82) is 0 Å². The lowest BCUT2D eigenvalue weighted by molar-refractivity contribution is 0.497. The zero-order valence-electron chi connectivity index (χ0n) is 9.24. The van der Waals surface area contributed by atoms with E-state index in [0.29, 0.717) is 10.2 Å². The van der Waals surface area contributed by atoms with Gasteiger partial charge in [-0.1, -0.05) is 0 Å². The molecular weight excluding hydrogens is 286 g/mol. The molecule has 17 heavy (non-hydrogen) atoms. The average molecular weight is 298 g/mol. The smallest absolute Gasteiger partial charge is 0.280 e. The molecule has 0 saturated carbocycles. The topological polar surface area (TPSA) is 70.9 Å². The van der Waals surface area contributed by atoms with Gasteiger partial charge in [-0.05, 0) is 35.0 Å². The first-order valence-electron chi connectivity index (χ1n) is 5.19. The van der Waals surface area contributed by atoms with E-state index in [0.717, 1.165) is 12.2 Å². The van der Waals surface area contributed by atoms with Crippen LogP contribution in [0.4, 0.5) is 5.69 Å². The molecule has 5 nitrogen and oxygen atoms in total. The first-order valence-corrected chi connectivity index (χ1v) is 5.98. The van der Waals surface area contributed by atoms with Crippen molar-refractivity contribution in [3.05, 3.63) is 45.2 Å². The number of hydrogen-bond donors (Lipinski definition) is 2. The quantitative estimate of drug-likeness (QED) is 0.907. The monoisotopic (exact) mass is 297 g/mol. The van der Waals surface area contributed by atoms with E-state index in [1.54, 1.807) is 12.5 Å². The lowest BCUT2D eigenvalue weighted by atomic mass is 10.2. The first kappa shape index (κ1) is 11.9. The third-order valence-electron chi connectivity index (χ3n) is 2.28. The van der Waals surface area contributed by atoms with Gasteiger partial charge in [-0.15, -0.1) is 0 Å². The summed E-state index contributed by atoms with van der Waals surface area (Å²) >= 11 is 3.22. The summed E-state index contributed by atoms with van der Waals surface area (Å²) in [4.78, 5) is 11.3. The minimum Gasteiger partial charge on any atom is -0.469 e. The van der Waals surface area contributed by atoms with Crippen LogP contribution in [0.15, 0.2) is 38.3 Å². The van der Waals surface area contributed by atoms with Gasteiger partial charge in [-0.2, -0.15) is 5.10 Å². The van der Waals surface area contributed by atoms with E-state index in [9.17, 15) is 4.79 Å². The predicted octanol–water partition coefficient (Wildman–Crippen LogP) is 2.17. The van der Waals surface area contributed by atoms with Crippen molar-refractivity contribution >= 4 is 21.6 Å². The molecule has 2 N–H and O–H groups in total. The zero-order chi connectivity index (χ0) is 12.3. The summed E-state index contributed by atoms with van der Waals surface area (Å²) in [6, 6.07) is 3.91. The molecular formula is C11H12BrN3O2. The van der Waals surface area contributed by atoms with Crippen molar-refractivity contribution in [2.24, 2.45) is 0 Å². The highest BCUT2D eigenvalue weighted by atomic mass is 79.9. The fourth-order valence-electron chi connectivity index (χ4n) is 1.53. The largest absolute Gasteiger partial charge is 0.469 e. The Morgan fingerprint density at radius 3 is 3.18 bits per heavy atom. The molecule has 2 aromatic heterocycles. The summed E-state index contributed by atoms with van der Waals surface area (Å²) in [6.07, 6.45) is 3.96. The SMILES string of the molecule is CC(Cc1ccco1)Nc1cn[nH]c(=O)c1Br. The van der Waals surface area contributed by atoms with Gasteiger partial charge in [0.1, 0.15) is 10.2 Å². The highest BCUT2D eigenvalue weighted by Gasteiger charge is 2.09. The Balaban J connectivity index is 2.05. The number of anilines is 1. The van der Waals surface area contributed by atoms with Crippen LogP contribution in [0.25, 0.3) is 0 Å². The van der Waals surface area contributed by atoms with E-state index in [4.69, 9.17) is 4.42 Å². The molecule has 2 heterocycles. The summed E-state index contributed by atoms with van der Waals surface area (Å²) in [5, 5.41) is 9.29. The van der Waals surface area contributed by atoms with Crippen LogP contribution in [0.5, 0.6) is 0 Å². The molecule has 0 aliphatic carbocycles. The molecule has 90 valence electrons. The molecule has 1 atom stereocenters. The van der Waals surface area contributed by atoms with E-state index < -0.39 is 0 Å². The standard InChI is InChI=1S/C11H12BrN3O2/c1-7(5-8-3-2-4-17-8)14-9-6-13-15-11(16)10(9)12/h2-4,6-7H,5H2,1H3,(H2,14,15,16). The van der Waals surface area contributed by atoms with E-state index in [2.05, 4.69) is 31.4 Å². The Kier molecular flexibility index (Phi) is 3.63. The number of hydrogen-bond acceptors (Lipinski definition) is 4. The number of aromatic amines is 1. The number of nitrogens with zero attached hydrogens (tertiary/aromatic N) is 1. The molecule has 6 heteroatoms. The van der Waals surface area contributed by atoms with Crippen LogP contribution < -0.4 is 10.9 Å². The molecule has 0 fully saturated rings. The van der Waals surface area contributed by atoms with Crippen molar-refractivity contribution in [1.82, 2.24) is 10.2 Å². The van der Waals surface area contributed by atoms with Crippen molar-refractivity contribution in [2.75, 3.05) is 5.32 Å². The normalized spacial score (nSPS) is 12.4. The average Bonchev–Trinajstić information content (AvgIpc) is 2.77. The fraction of sp³-hybridized carbons (Fsp3) is 0.273. The molecule has 0 amide bonds. The van der Waals surface area contributed by atoms with Crippen molar-refractivity contribution < 1.29 is 4.42 Å². The molecule has 0 spiro atoms. The highest BCUT2D eigenvalue weighted by molar-refractivity contribution is 9.10.